The van der Waals surface area contributed by atoms with E-state index >= 15 is 0 Å². The molecule has 1 aromatic heterocycles. The highest BCUT2D eigenvalue weighted by atomic mass is 35.5. The maximum Gasteiger partial charge on any atom is 0.248 e. The predicted octanol–water partition coefficient (Wildman–Crippen LogP) is 5.13. The normalized spacial score (nSPS) is 10.7. The zero-order valence-electron chi connectivity index (χ0n) is 14.4. The van der Waals surface area contributed by atoms with Crippen LogP contribution in [0.1, 0.15) is 12.6 Å². The second-order valence-corrected chi connectivity index (χ2v) is 6.85. The standard InChI is InChI=1S/C20H16ClN3O2S/c1-14(25)24(18-5-3-2-4-6-18)20-23-17(13-27-20)11-12-19(26)22-16-9-7-15(21)8-10-16/h2-13H,1H3,(H,22,26). The molecule has 0 aliphatic carbocycles. The largest absolute Gasteiger partial charge is 0.323 e. The minimum atomic E-state index is -0.279. The van der Waals surface area contributed by atoms with Crippen molar-refractivity contribution < 1.29 is 9.59 Å². The number of aromatic nitrogens is 1. The number of nitrogens with one attached hydrogen (secondary N) is 1. The number of thiazole rings is 1. The zero-order valence-corrected chi connectivity index (χ0v) is 16.0. The van der Waals surface area contributed by atoms with E-state index in [1.54, 1.807) is 35.7 Å². The van der Waals surface area contributed by atoms with Crippen molar-refractivity contribution in [1.29, 1.82) is 0 Å². The van der Waals surface area contributed by atoms with Crippen molar-refractivity contribution in [2.45, 2.75) is 6.92 Å². The highest BCUT2D eigenvalue weighted by Gasteiger charge is 2.17. The predicted molar refractivity (Wildman–Crippen MR) is 110 cm³/mol. The van der Waals surface area contributed by atoms with Crippen molar-refractivity contribution in [3.05, 3.63) is 76.8 Å². The Hall–Kier alpha value is -2.96. The lowest BCUT2D eigenvalue weighted by atomic mass is 10.3. The molecule has 0 atom stereocenters. The molecule has 0 aliphatic heterocycles. The summed E-state index contributed by atoms with van der Waals surface area (Å²) >= 11 is 7.16. The van der Waals surface area contributed by atoms with Gasteiger partial charge in [0.25, 0.3) is 0 Å². The molecule has 0 saturated heterocycles. The lowest BCUT2D eigenvalue weighted by Gasteiger charge is -2.17. The van der Waals surface area contributed by atoms with Gasteiger partial charge in [0.2, 0.25) is 11.8 Å². The van der Waals surface area contributed by atoms with Crippen LogP contribution in [0.5, 0.6) is 0 Å². The molecule has 2 amide bonds. The van der Waals surface area contributed by atoms with Crippen molar-refractivity contribution in [3.8, 4) is 0 Å². The maximum absolute atomic E-state index is 12.0. The van der Waals surface area contributed by atoms with Crippen molar-refractivity contribution in [2.75, 3.05) is 10.2 Å². The molecule has 5 nitrogen and oxygen atoms in total. The number of anilines is 3. The van der Waals surface area contributed by atoms with Gasteiger partial charge in [-0.2, -0.15) is 0 Å². The van der Waals surface area contributed by atoms with Gasteiger partial charge in [0, 0.05) is 29.1 Å². The Morgan fingerprint density at radius 3 is 2.48 bits per heavy atom. The van der Waals surface area contributed by atoms with Gasteiger partial charge in [-0.3, -0.25) is 14.5 Å². The highest BCUT2D eigenvalue weighted by Crippen LogP contribution is 2.29. The number of benzene rings is 2. The first kappa shape index (κ1) is 18.8. The van der Waals surface area contributed by atoms with E-state index in [0.717, 1.165) is 5.69 Å². The average Bonchev–Trinajstić information content (AvgIpc) is 3.11. The van der Waals surface area contributed by atoms with Crippen LogP contribution in [0.15, 0.2) is 66.1 Å². The number of nitrogens with zero attached hydrogens (tertiary/aromatic N) is 2. The van der Waals surface area contributed by atoms with Crippen molar-refractivity contribution in [3.63, 3.8) is 0 Å². The van der Waals surface area contributed by atoms with Gasteiger partial charge in [-0.25, -0.2) is 4.98 Å². The van der Waals surface area contributed by atoms with Gasteiger partial charge in [-0.05, 0) is 42.5 Å². The number of hydrogen-bond donors (Lipinski definition) is 1. The molecule has 1 heterocycles. The quantitative estimate of drug-likeness (QED) is 0.607. The summed E-state index contributed by atoms with van der Waals surface area (Å²) in [6.07, 6.45) is 3.00. The fourth-order valence-corrected chi connectivity index (χ4v) is 3.32. The van der Waals surface area contributed by atoms with E-state index in [1.807, 2.05) is 30.3 Å². The minimum absolute atomic E-state index is 0.133. The van der Waals surface area contributed by atoms with Gasteiger partial charge in [-0.15, -0.1) is 11.3 Å². The Morgan fingerprint density at radius 1 is 1.11 bits per heavy atom. The number of para-hydroxylation sites is 1. The first-order valence-electron chi connectivity index (χ1n) is 8.09. The molecule has 3 aromatic rings. The lowest BCUT2D eigenvalue weighted by molar-refractivity contribution is -0.116. The second-order valence-electron chi connectivity index (χ2n) is 5.57. The van der Waals surface area contributed by atoms with Gasteiger partial charge in [0.1, 0.15) is 0 Å². The van der Waals surface area contributed by atoms with Crippen LogP contribution in [0.3, 0.4) is 0 Å². The summed E-state index contributed by atoms with van der Waals surface area (Å²) in [7, 11) is 0. The van der Waals surface area contributed by atoms with Gasteiger partial charge < -0.3 is 5.32 Å². The molecule has 0 spiro atoms. The number of rotatable bonds is 5. The molecule has 136 valence electrons. The number of carbonyl (C=O) groups is 2. The Kier molecular flexibility index (Phi) is 6.01. The molecule has 0 aliphatic rings. The van der Waals surface area contributed by atoms with Crippen LogP contribution in [-0.4, -0.2) is 16.8 Å². The van der Waals surface area contributed by atoms with Gasteiger partial charge in [0.15, 0.2) is 5.13 Å². The smallest absolute Gasteiger partial charge is 0.248 e. The minimum Gasteiger partial charge on any atom is -0.323 e. The van der Waals surface area contributed by atoms with Gasteiger partial charge in [-0.1, -0.05) is 29.8 Å². The Balaban J connectivity index is 1.71. The van der Waals surface area contributed by atoms with E-state index in [0.29, 0.717) is 21.5 Å². The molecule has 3 rings (SSSR count). The summed E-state index contributed by atoms with van der Waals surface area (Å²) in [5, 5.41) is 5.68. The van der Waals surface area contributed by atoms with Crippen molar-refractivity contribution in [2.24, 2.45) is 0 Å². The number of carbonyl (C=O) groups excluding carboxylic acids is 2. The van der Waals surface area contributed by atoms with Crippen LogP contribution in [0.4, 0.5) is 16.5 Å². The summed E-state index contributed by atoms with van der Waals surface area (Å²) in [4.78, 5) is 30.0. The summed E-state index contributed by atoms with van der Waals surface area (Å²) < 4.78 is 0. The third-order valence-corrected chi connectivity index (χ3v) is 4.64. The monoisotopic (exact) mass is 397 g/mol. The third-order valence-electron chi connectivity index (χ3n) is 3.55. The van der Waals surface area contributed by atoms with Gasteiger partial charge in [0.05, 0.1) is 11.4 Å². The number of amides is 2. The molecule has 0 radical (unpaired) electrons. The third kappa shape index (κ3) is 5.03. The SMILES string of the molecule is CC(=O)N(c1ccccc1)c1nc(C=CC(=O)Nc2ccc(Cl)cc2)cs1. The van der Waals surface area contributed by atoms with Crippen LogP contribution in [0.2, 0.25) is 5.02 Å². The van der Waals surface area contributed by atoms with Crippen molar-refractivity contribution >= 4 is 57.3 Å². The molecule has 0 saturated carbocycles. The van der Waals surface area contributed by atoms with E-state index in [2.05, 4.69) is 10.3 Å². The summed E-state index contributed by atoms with van der Waals surface area (Å²) in [5.41, 5.74) is 2.00. The molecular formula is C20H16ClN3O2S. The first-order valence-corrected chi connectivity index (χ1v) is 9.34. The van der Waals surface area contributed by atoms with E-state index < -0.39 is 0 Å². The average molecular weight is 398 g/mol. The molecule has 2 aromatic carbocycles. The summed E-state index contributed by atoms with van der Waals surface area (Å²) in [5.74, 6) is -0.412. The Morgan fingerprint density at radius 2 is 1.81 bits per heavy atom. The van der Waals surface area contributed by atoms with Crippen molar-refractivity contribution in [1.82, 2.24) is 4.98 Å². The van der Waals surface area contributed by atoms with Crippen LogP contribution < -0.4 is 10.2 Å². The molecule has 1 N–H and O–H groups in total. The van der Waals surface area contributed by atoms with E-state index in [-0.39, 0.29) is 11.8 Å². The number of hydrogen-bond acceptors (Lipinski definition) is 4. The van der Waals surface area contributed by atoms with E-state index in [4.69, 9.17) is 11.6 Å². The topological polar surface area (TPSA) is 62.3 Å². The summed E-state index contributed by atoms with van der Waals surface area (Å²) in [6.45, 7) is 1.49. The number of halogens is 1. The molecular weight excluding hydrogens is 382 g/mol. The molecule has 7 heteroatoms. The highest BCUT2D eigenvalue weighted by molar-refractivity contribution is 7.14. The van der Waals surface area contributed by atoms with Crippen LogP contribution in [-0.2, 0) is 9.59 Å². The Labute approximate surface area is 165 Å². The summed E-state index contributed by atoms with van der Waals surface area (Å²) in [6, 6.07) is 16.1. The molecule has 27 heavy (non-hydrogen) atoms. The van der Waals surface area contributed by atoms with Crippen LogP contribution in [0.25, 0.3) is 6.08 Å². The first-order chi connectivity index (χ1) is 13.0. The maximum atomic E-state index is 12.0. The lowest BCUT2D eigenvalue weighted by Crippen LogP contribution is -2.22. The molecule has 0 unspecified atom stereocenters. The fraction of sp³-hybridized carbons (Fsp3) is 0.0500. The van der Waals surface area contributed by atoms with E-state index in [1.165, 1.54) is 29.2 Å². The van der Waals surface area contributed by atoms with E-state index in [9.17, 15) is 9.59 Å². The van der Waals surface area contributed by atoms with Crippen LogP contribution in [0, 0.1) is 0 Å². The molecule has 0 fully saturated rings. The zero-order chi connectivity index (χ0) is 19.2. The second kappa shape index (κ2) is 8.62. The van der Waals surface area contributed by atoms with Gasteiger partial charge >= 0.3 is 0 Å². The Bertz CT molecular complexity index is 968. The molecule has 0 bridgehead atoms. The van der Waals surface area contributed by atoms with Crippen LogP contribution >= 0.6 is 22.9 Å². The fourth-order valence-electron chi connectivity index (χ4n) is 2.34.